The molecule has 0 aromatic heterocycles. The van der Waals surface area contributed by atoms with Crippen molar-refractivity contribution in [1.82, 2.24) is 5.32 Å². The highest BCUT2D eigenvalue weighted by Crippen LogP contribution is 2.32. The molecule has 0 heterocycles. The van der Waals surface area contributed by atoms with E-state index in [0.29, 0.717) is 25.0 Å². The summed E-state index contributed by atoms with van der Waals surface area (Å²) in [6, 6.07) is 7.40. The second kappa shape index (κ2) is 9.57. The molecule has 0 fully saturated rings. The van der Waals surface area contributed by atoms with Gasteiger partial charge in [-0.15, -0.1) is 0 Å². The number of carboxylic acid groups (broad SMARTS) is 1. The summed E-state index contributed by atoms with van der Waals surface area (Å²) in [6.07, 6.45) is 1.20. The van der Waals surface area contributed by atoms with Gasteiger partial charge in [0.1, 0.15) is 11.0 Å². The molecule has 0 spiro atoms. The van der Waals surface area contributed by atoms with Crippen LogP contribution in [0.2, 0.25) is 0 Å². The molecule has 146 valence electrons. The molecule has 0 bridgehead atoms. The van der Waals surface area contributed by atoms with E-state index in [2.05, 4.69) is 5.32 Å². The first-order chi connectivity index (χ1) is 12.1. The molecule has 0 aliphatic heterocycles. The van der Waals surface area contributed by atoms with Gasteiger partial charge in [0.25, 0.3) is 0 Å². The van der Waals surface area contributed by atoms with Crippen molar-refractivity contribution in [3.8, 4) is 0 Å². The Labute approximate surface area is 155 Å². The summed E-state index contributed by atoms with van der Waals surface area (Å²) in [5.41, 5.74) is -0.263. The third-order valence-electron chi connectivity index (χ3n) is 4.21. The molecule has 1 unspecified atom stereocenters. The molecule has 1 amide bonds. The van der Waals surface area contributed by atoms with E-state index >= 15 is 0 Å². The number of methoxy groups -OCH3 is 1. The minimum absolute atomic E-state index is 0.0327. The van der Waals surface area contributed by atoms with Gasteiger partial charge < -0.3 is 19.9 Å². The standard InChI is InChI=1S/C20H31NO5/c1-15-10-6-7-11-16(15)20(17(22)23,12-8-9-13-25-5)14-21-18(24)26-19(2,3)4/h6-7,10-11H,8-9,12-14H2,1-5H3,(H,21,24)(H,22,23). The number of rotatable bonds is 9. The zero-order valence-electron chi connectivity index (χ0n) is 16.4. The fraction of sp³-hybridized carbons (Fsp3) is 0.600. The van der Waals surface area contributed by atoms with Crippen molar-refractivity contribution >= 4 is 12.1 Å². The van der Waals surface area contributed by atoms with E-state index in [-0.39, 0.29) is 6.54 Å². The van der Waals surface area contributed by atoms with E-state index in [1.54, 1.807) is 27.9 Å². The lowest BCUT2D eigenvalue weighted by molar-refractivity contribution is -0.144. The van der Waals surface area contributed by atoms with Crippen LogP contribution in [0.25, 0.3) is 0 Å². The maximum Gasteiger partial charge on any atom is 0.407 e. The van der Waals surface area contributed by atoms with Crippen LogP contribution in [0.15, 0.2) is 24.3 Å². The summed E-state index contributed by atoms with van der Waals surface area (Å²) < 4.78 is 10.3. The number of hydrogen-bond donors (Lipinski definition) is 2. The fourth-order valence-electron chi connectivity index (χ4n) is 2.94. The number of alkyl carbamates (subject to hydrolysis) is 1. The molecule has 6 nitrogen and oxygen atoms in total. The number of unbranched alkanes of at least 4 members (excludes halogenated alkanes) is 1. The Morgan fingerprint density at radius 2 is 1.81 bits per heavy atom. The van der Waals surface area contributed by atoms with E-state index in [1.165, 1.54) is 0 Å². The molecular weight excluding hydrogens is 334 g/mol. The van der Waals surface area contributed by atoms with E-state index < -0.39 is 23.1 Å². The number of benzene rings is 1. The van der Waals surface area contributed by atoms with Gasteiger partial charge in [0.05, 0.1) is 0 Å². The van der Waals surface area contributed by atoms with Gasteiger partial charge in [0.2, 0.25) is 0 Å². The normalized spacial score (nSPS) is 13.7. The molecule has 1 atom stereocenters. The Balaban J connectivity index is 3.08. The Bertz CT molecular complexity index is 608. The first-order valence-electron chi connectivity index (χ1n) is 8.88. The number of amides is 1. The minimum atomic E-state index is -1.21. The lowest BCUT2D eigenvalue weighted by atomic mass is 9.74. The van der Waals surface area contributed by atoms with E-state index in [1.807, 2.05) is 31.2 Å². The number of ether oxygens (including phenoxy) is 2. The van der Waals surface area contributed by atoms with Crippen molar-refractivity contribution < 1.29 is 24.2 Å². The number of carbonyl (C=O) groups is 2. The SMILES string of the molecule is COCCCCC(CNC(=O)OC(C)(C)C)(C(=O)O)c1ccccc1C. The van der Waals surface area contributed by atoms with Crippen LogP contribution in [-0.4, -0.2) is 43.0 Å². The van der Waals surface area contributed by atoms with Gasteiger partial charge in [-0.05, 0) is 58.1 Å². The summed E-state index contributed by atoms with van der Waals surface area (Å²) in [7, 11) is 1.62. The topological polar surface area (TPSA) is 84.9 Å². The Morgan fingerprint density at radius 1 is 1.15 bits per heavy atom. The maximum atomic E-state index is 12.3. The molecular formula is C20H31NO5. The van der Waals surface area contributed by atoms with Crippen molar-refractivity contribution in [1.29, 1.82) is 0 Å². The second-order valence-corrected chi connectivity index (χ2v) is 7.51. The summed E-state index contributed by atoms with van der Waals surface area (Å²) >= 11 is 0. The second-order valence-electron chi connectivity index (χ2n) is 7.51. The predicted octanol–water partition coefficient (Wildman–Crippen LogP) is 3.66. The summed E-state index contributed by atoms with van der Waals surface area (Å²) in [5.74, 6) is -0.958. The van der Waals surface area contributed by atoms with Crippen molar-refractivity contribution in [2.45, 2.75) is 58.0 Å². The van der Waals surface area contributed by atoms with E-state index in [0.717, 1.165) is 12.0 Å². The van der Waals surface area contributed by atoms with Gasteiger partial charge in [0.15, 0.2) is 0 Å². The molecule has 6 heteroatoms. The number of carboxylic acids is 1. The minimum Gasteiger partial charge on any atom is -0.481 e. The fourth-order valence-corrected chi connectivity index (χ4v) is 2.94. The van der Waals surface area contributed by atoms with Crippen LogP contribution < -0.4 is 5.32 Å². The highest BCUT2D eigenvalue weighted by atomic mass is 16.6. The Kier molecular flexibility index (Phi) is 8.08. The number of aliphatic carboxylic acids is 1. The van der Waals surface area contributed by atoms with Crippen LogP contribution in [0, 0.1) is 6.92 Å². The molecule has 0 saturated heterocycles. The van der Waals surface area contributed by atoms with Gasteiger partial charge in [-0.25, -0.2) is 4.79 Å². The number of carbonyl (C=O) groups excluding carboxylic acids is 1. The molecule has 0 radical (unpaired) electrons. The Morgan fingerprint density at radius 3 is 2.35 bits per heavy atom. The zero-order valence-corrected chi connectivity index (χ0v) is 16.4. The molecule has 0 aliphatic carbocycles. The molecule has 0 saturated carbocycles. The molecule has 1 aromatic rings. The van der Waals surface area contributed by atoms with Gasteiger partial charge in [-0.1, -0.05) is 24.3 Å². The summed E-state index contributed by atoms with van der Waals surface area (Å²) in [5, 5.41) is 12.7. The lowest BCUT2D eigenvalue weighted by Crippen LogP contribution is -2.48. The van der Waals surface area contributed by atoms with Crippen LogP contribution in [0.5, 0.6) is 0 Å². The summed E-state index contributed by atoms with van der Waals surface area (Å²) in [6.45, 7) is 7.73. The van der Waals surface area contributed by atoms with Crippen LogP contribution >= 0.6 is 0 Å². The smallest absolute Gasteiger partial charge is 0.407 e. The molecule has 26 heavy (non-hydrogen) atoms. The lowest BCUT2D eigenvalue weighted by Gasteiger charge is -2.32. The first-order valence-corrected chi connectivity index (χ1v) is 8.88. The third-order valence-corrected chi connectivity index (χ3v) is 4.21. The highest BCUT2D eigenvalue weighted by molar-refractivity contribution is 5.83. The van der Waals surface area contributed by atoms with Crippen molar-refractivity contribution in [3.63, 3.8) is 0 Å². The number of nitrogens with one attached hydrogen (secondary N) is 1. The van der Waals surface area contributed by atoms with Crippen LogP contribution in [0.3, 0.4) is 0 Å². The predicted molar refractivity (Wildman–Crippen MR) is 100 cm³/mol. The molecule has 1 aromatic carbocycles. The van der Waals surface area contributed by atoms with Gasteiger partial charge in [-0.2, -0.15) is 0 Å². The molecule has 1 rings (SSSR count). The van der Waals surface area contributed by atoms with Gasteiger partial charge in [-0.3, -0.25) is 4.79 Å². The van der Waals surface area contributed by atoms with Crippen molar-refractivity contribution in [2.75, 3.05) is 20.3 Å². The largest absolute Gasteiger partial charge is 0.481 e. The highest BCUT2D eigenvalue weighted by Gasteiger charge is 2.41. The molecule has 2 N–H and O–H groups in total. The number of hydrogen-bond acceptors (Lipinski definition) is 4. The van der Waals surface area contributed by atoms with E-state index in [4.69, 9.17) is 9.47 Å². The zero-order chi connectivity index (χ0) is 19.8. The first kappa shape index (κ1) is 22.0. The Hall–Kier alpha value is -2.08. The van der Waals surface area contributed by atoms with Crippen molar-refractivity contribution in [2.24, 2.45) is 0 Å². The monoisotopic (exact) mass is 365 g/mol. The van der Waals surface area contributed by atoms with Crippen molar-refractivity contribution in [3.05, 3.63) is 35.4 Å². The number of aryl methyl sites for hydroxylation is 1. The van der Waals surface area contributed by atoms with Crippen LogP contribution in [-0.2, 0) is 19.7 Å². The van der Waals surface area contributed by atoms with E-state index in [9.17, 15) is 14.7 Å². The average molecular weight is 365 g/mol. The maximum absolute atomic E-state index is 12.3. The average Bonchev–Trinajstić information content (AvgIpc) is 2.53. The molecule has 0 aliphatic rings. The van der Waals surface area contributed by atoms with Crippen LogP contribution in [0.1, 0.15) is 51.2 Å². The third kappa shape index (κ3) is 6.33. The van der Waals surface area contributed by atoms with Gasteiger partial charge >= 0.3 is 12.1 Å². The quantitative estimate of drug-likeness (QED) is 0.652. The van der Waals surface area contributed by atoms with Crippen LogP contribution in [0.4, 0.5) is 4.79 Å². The summed E-state index contributed by atoms with van der Waals surface area (Å²) in [4.78, 5) is 24.4. The van der Waals surface area contributed by atoms with Gasteiger partial charge in [0, 0.05) is 20.3 Å².